The van der Waals surface area contributed by atoms with Gasteiger partial charge in [0.15, 0.2) is 0 Å². The predicted octanol–water partition coefficient (Wildman–Crippen LogP) is 3.12. The normalized spacial score (nSPS) is 14.3. The van der Waals surface area contributed by atoms with E-state index >= 15 is 0 Å². The van der Waals surface area contributed by atoms with Gasteiger partial charge in [0, 0.05) is 5.69 Å². The Morgan fingerprint density at radius 3 is 2.22 bits per heavy atom. The van der Waals surface area contributed by atoms with Crippen LogP contribution in [0.3, 0.4) is 0 Å². The van der Waals surface area contributed by atoms with Crippen molar-refractivity contribution in [3.63, 3.8) is 0 Å². The fourth-order valence-corrected chi connectivity index (χ4v) is 1.69. The molecule has 2 atom stereocenters. The molecule has 3 heteroatoms. The first kappa shape index (κ1) is 14.7. The predicted molar refractivity (Wildman–Crippen MR) is 76.6 cm³/mol. The molecule has 0 radical (unpaired) electrons. The zero-order chi connectivity index (χ0) is 13.7. The van der Waals surface area contributed by atoms with Gasteiger partial charge < -0.3 is 11.1 Å². The quantitative estimate of drug-likeness (QED) is 0.841. The van der Waals surface area contributed by atoms with Crippen LogP contribution < -0.4 is 11.1 Å². The molecule has 0 bridgehead atoms. The maximum absolute atomic E-state index is 11.9. The molecule has 0 spiro atoms. The Morgan fingerprint density at radius 2 is 1.78 bits per heavy atom. The van der Waals surface area contributed by atoms with E-state index in [-0.39, 0.29) is 11.8 Å². The molecule has 0 heterocycles. The van der Waals surface area contributed by atoms with E-state index in [1.54, 1.807) is 0 Å². The topological polar surface area (TPSA) is 55.1 Å². The second-order valence-corrected chi connectivity index (χ2v) is 5.18. The Morgan fingerprint density at radius 1 is 1.22 bits per heavy atom. The van der Waals surface area contributed by atoms with Crippen LogP contribution in [0.1, 0.15) is 45.6 Å². The molecule has 18 heavy (non-hydrogen) atoms. The fraction of sp³-hybridized carbons (Fsp3) is 0.533. The highest BCUT2D eigenvalue weighted by atomic mass is 16.2. The van der Waals surface area contributed by atoms with Gasteiger partial charge in [-0.05, 0) is 29.5 Å². The Balaban J connectivity index is 2.65. The lowest BCUT2D eigenvalue weighted by Crippen LogP contribution is -2.40. The van der Waals surface area contributed by atoms with Crippen LogP contribution in [-0.4, -0.2) is 11.9 Å². The van der Waals surface area contributed by atoms with E-state index in [2.05, 4.69) is 19.2 Å². The van der Waals surface area contributed by atoms with Crippen LogP contribution in [0.15, 0.2) is 24.3 Å². The molecule has 1 aromatic rings. The number of carbonyl (C=O) groups is 1. The molecule has 100 valence electrons. The third-order valence-electron chi connectivity index (χ3n) is 3.40. The molecule has 0 aliphatic heterocycles. The van der Waals surface area contributed by atoms with Crippen LogP contribution in [0.5, 0.6) is 0 Å². The van der Waals surface area contributed by atoms with Crippen molar-refractivity contribution in [2.75, 3.05) is 5.32 Å². The van der Waals surface area contributed by atoms with Crippen molar-refractivity contribution in [3.05, 3.63) is 29.8 Å². The summed E-state index contributed by atoms with van der Waals surface area (Å²) in [5.41, 5.74) is 7.96. The van der Waals surface area contributed by atoms with Gasteiger partial charge in [0.25, 0.3) is 0 Å². The summed E-state index contributed by atoms with van der Waals surface area (Å²) in [5, 5.41) is 2.86. The highest BCUT2D eigenvalue weighted by Crippen LogP contribution is 2.17. The Kier molecular flexibility index (Phi) is 5.35. The molecule has 1 unspecified atom stereocenters. The van der Waals surface area contributed by atoms with Gasteiger partial charge >= 0.3 is 0 Å². The van der Waals surface area contributed by atoms with Gasteiger partial charge in [0.2, 0.25) is 5.91 Å². The van der Waals surface area contributed by atoms with E-state index in [0.29, 0.717) is 5.92 Å². The van der Waals surface area contributed by atoms with Gasteiger partial charge in [0.1, 0.15) is 0 Å². The third kappa shape index (κ3) is 3.84. The summed E-state index contributed by atoms with van der Waals surface area (Å²) >= 11 is 0. The monoisotopic (exact) mass is 248 g/mol. The van der Waals surface area contributed by atoms with Crippen molar-refractivity contribution in [2.45, 2.75) is 46.1 Å². The molecule has 0 aliphatic carbocycles. The van der Waals surface area contributed by atoms with Gasteiger partial charge in [-0.25, -0.2) is 0 Å². The summed E-state index contributed by atoms with van der Waals surface area (Å²) in [6.07, 6.45) is 0.904. The van der Waals surface area contributed by atoms with Gasteiger partial charge in [-0.1, -0.05) is 46.2 Å². The first-order valence-electron chi connectivity index (χ1n) is 6.62. The highest BCUT2D eigenvalue weighted by molar-refractivity contribution is 5.94. The number of hydrogen-bond acceptors (Lipinski definition) is 2. The zero-order valence-electron chi connectivity index (χ0n) is 11.7. The van der Waals surface area contributed by atoms with Crippen LogP contribution in [0.2, 0.25) is 0 Å². The Hall–Kier alpha value is -1.35. The summed E-state index contributed by atoms with van der Waals surface area (Å²) < 4.78 is 0. The maximum atomic E-state index is 11.9. The Labute approximate surface area is 110 Å². The van der Waals surface area contributed by atoms with Gasteiger partial charge in [-0.15, -0.1) is 0 Å². The van der Waals surface area contributed by atoms with E-state index in [9.17, 15) is 4.79 Å². The standard InChI is InChI=1S/C15H24N2O/c1-5-11(4)14(16)15(18)17-13-8-6-12(7-9-13)10(2)3/h6-11,14H,5,16H2,1-4H3,(H,17,18)/t11?,14-/m0/s1. The number of hydrogen-bond donors (Lipinski definition) is 2. The average molecular weight is 248 g/mol. The van der Waals surface area contributed by atoms with Gasteiger partial charge in [-0.2, -0.15) is 0 Å². The number of carbonyl (C=O) groups excluding carboxylic acids is 1. The van der Waals surface area contributed by atoms with Crippen LogP contribution >= 0.6 is 0 Å². The first-order chi connectivity index (χ1) is 8.45. The molecule has 0 saturated carbocycles. The molecule has 0 saturated heterocycles. The smallest absolute Gasteiger partial charge is 0.241 e. The van der Waals surface area contributed by atoms with Crippen molar-refractivity contribution in [2.24, 2.45) is 11.7 Å². The van der Waals surface area contributed by atoms with Crippen molar-refractivity contribution in [1.82, 2.24) is 0 Å². The van der Waals surface area contributed by atoms with E-state index in [1.807, 2.05) is 38.1 Å². The van der Waals surface area contributed by atoms with Crippen molar-refractivity contribution in [1.29, 1.82) is 0 Å². The molecular formula is C15H24N2O. The van der Waals surface area contributed by atoms with Crippen molar-refractivity contribution in [3.8, 4) is 0 Å². The molecule has 1 rings (SSSR count). The molecule has 1 amide bonds. The number of nitrogens with one attached hydrogen (secondary N) is 1. The molecule has 0 fully saturated rings. The Bertz CT molecular complexity index is 384. The number of anilines is 1. The number of benzene rings is 1. The number of rotatable bonds is 5. The minimum absolute atomic E-state index is 0.110. The summed E-state index contributed by atoms with van der Waals surface area (Å²) in [5.74, 6) is 0.582. The minimum atomic E-state index is -0.445. The lowest BCUT2D eigenvalue weighted by molar-refractivity contribution is -0.118. The highest BCUT2D eigenvalue weighted by Gasteiger charge is 2.19. The number of amides is 1. The SMILES string of the molecule is CCC(C)[C@H](N)C(=O)Nc1ccc(C(C)C)cc1. The van der Waals surface area contributed by atoms with E-state index in [0.717, 1.165) is 12.1 Å². The summed E-state index contributed by atoms with van der Waals surface area (Å²) in [6, 6.07) is 7.48. The fourth-order valence-electron chi connectivity index (χ4n) is 1.69. The maximum Gasteiger partial charge on any atom is 0.241 e. The second kappa shape index (κ2) is 6.55. The summed E-state index contributed by atoms with van der Waals surface area (Å²) in [6.45, 7) is 8.32. The summed E-state index contributed by atoms with van der Waals surface area (Å²) in [4.78, 5) is 11.9. The molecule has 0 aliphatic rings. The lowest BCUT2D eigenvalue weighted by atomic mass is 9.99. The molecule has 0 aromatic heterocycles. The van der Waals surface area contributed by atoms with Crippen molar-refractivity contribution < 1.29 is 4.79 Å². The van der Waals surface area contributed by atoms with Gasteiger partial charge in [-0.3, -0.25) is 4.79 Å². The van der Waals surface area contributed by atoms with E-state index in [4.69, 9.17) is 5.73 Å². The van der Waals surface area contributed by atoms with Crippen LogP contribution in [0.25, 0.3) is 0 Å². The van der Waals surface area contributed by atoms with E-state index < -0.39 is 6.04 Å². The first-order valence-corrected chi connectivity index (χ1v) is 6.62. The molecule has 1 aromatic carbocycles. The minimum Gasteiger partial charge on any atom is -0.325 e. The largest absolute Gasteiger partial charge is 0.325 e. The zero-order valence-corrected chi connectivity index (χ0v) is 11.7. The van der Waals surface area contributed by atoms with E-state index in [1.165, 1.54) is 5.56 Å². The molecule has 3 nitrogen and oxygen atoms in total. The second-order valence-electron chi connectivity index (χ2n) is 5.18. The molecule has 3 N–H and O–H groups in total. The van der Waals surface area contributed by atoms with Gasteiger partial charge in [0.05, 0.1) is 6.04 Å². The van der Waals surface area contributed by atoms with Crippen LogP contribution in [0.4, 0.5) is 5.69 Å². The number of nitrogens with two attached hydrogens (primary N) is 1. The third-order valence-corrected chi connectivity index (χ3v) is 3.40. The molecular weight excluding hydrogens is 224 g/mol. The van der Waals surface area contributed by atoms with Crippen LogP contribution in [-0.2, 0) is 4.79 Å². The lowest BCUT2D eigenvalue weighted by Gasteiger charge is -2.18. The summed E-state index contributed by atoms with van der Waals surface area (Å²) in [7, 11) is 0. The van der Waals surface area contributed by atoms with Crippen molar-refractivity contribution >= 4 is 11.6 Å². The van der Waals surface area contributed by atoms with Crippen LogP contribution in [0, 0.1) is 5.92 Å². The average Bonchev–Trinajstić information content (AvgIpc) is 2.37.